The fraction of sp³-hybridized carbons (Fsp3) is 0.385. The van der Waals surface area contributed by atoms with Crippen LogP contribution in [-0.4, -0.2) is 31.5 Å². The molecular formula is C26H28FN5OS. The van der Waals surface area contributed by atoms with E-state index in [0.717, 1.165) is 40.8 Å². The summed E-state index contributed by atoms with van der Waals surface area (Å²) < 4.78 is 16.2. The first-order chi connectivity index (χ1) is 16.4. The molecule has 2 aromatic rings. The maximum absolute atomic E-state index is 14.4. The second-order valence-electron chi connectivity index (χ2n) is 9.17. The third-order valence-electron chi connectivity index (χ3n) is 6.85. The molecule has 1 aliphatic carbocycles. The zero-order chi connectivity index (χ0) is 23.8. The lowest BCUT2D eigenvalue weighted by atomic mass is 9.86. The standard InChI is InChI=1S/C26H28FN5OS/c1-16-14-19(17(2)31(16)22-11-7-6-10-21(22)27)15-20-24(28)32-26(29-25(20)33)34-23(30-32)13-12-18-8-4-3-5-9-18/h6-7,10-11,14-15,18,28H,3-5,8-9,12-13H2,1-2H3. The van der Waals surface area contributed by atoms with Gasteiger partial charge in [0.1, 0.15) is 10.9 Å². The van der Waals surface area contributed by atoms with Crippen LogP contribution in [0.2, 0.25) is 0 Å². The fourth-order valence-corrected chi connectivity index (χ4v) is 5.93. The Bertz CT molecular complexity index is 1250. The predicted octanol–water partition coefficient (Wildman–Crippen LogP) is 6.21. The van der Waals surface area contributed by atoms with E-state index < -0.39 is 5.91 Å². The predicted molar refractivity (Wildman–Crippen MR) is 136 cm³/mol. The third-order valence-corrected chi connectivity index (χ3v) is 7.82. The number of nitrogens with zero attached hydrogens (tertiary/aromatic N) is 4. The van der Waals surface area contributed by atoms with Gasteiger partial charge in [-0.1, -0.05) is 44.2 Å². The Morgan fingerprint density at radius 1 is 1.21 bits per heavy atom. The summed E-state index contributed by atoms with van der Waals surface area (Å²) >= 11 is 1.40. The molecule has 8 heteroatoms. The molecule has 1 aromatic heterocycles. The number of hydrogen-bond acceptors (Lipinski definition) is 4. The number of benzene rings is 1. The van der Waals surface area contributed by atoms with Crippen molar-refractivity contribution in [3.8, 4) is 5.69 Å². The van der Waals surface area contributed by atoms with E-state index in [1.165, 1.54) is 54.9 Å². The molecule has 3 aliphatic rings. The molecule has 1 saturated carbocycles. The van der Waals surface area contributed by atoms with E-state index in [1.807, 2.05) is 24.5 Å². The van der Waals surface area contributed by atoms with Gasteiger partial charge in [-0.15, -0.1) is 0 Å². The molecule has 1 aromatic carbocycles. The summed E-state index contributed by atoms with van der Waals surface area (Å²) in [5.74, 6) is 0.0234. The third kappa shape index (κ3) is 4.27. The van der Waals surface area contributed by atoms with Crippen LogP contribution < -0.4 is 0 Å². The van der Waals surface area contributed by atoms with Crippen molar-refractivity contribution in [1.82, 2.24) is 9.58 Å². The number of nitrogens with one attached hydrogen (secondary N) is 1. The largest absolute Gasteiger partial charge is 0.315 e. The minimum absolute atomic E-state index is 0.0332. The number of aromatic nitrogens is 1. The number of fused-ring (bicyclic) bond motifs is 1. The van der Waals surface area contributed by atoms with Crippen LogP contribution >= 0.6 is 11.8 Å². The van der Waals surface area contributed by atoms with Crippen molar-refractivity contribution < 1.29 is 9.18 Å². The average Bonchev–Trinajstić information content (AvgIpc) is 3.36. The molecule has 5 rings (SSSR count). The van der Waals surface area contributed by atoms with Gasteiger partial charge in [0.05, 0.1) is 11.3 Å². The van der Waals surface area contributed by atoms with E-state index in [-0.39, 0.29) is 17.2 Å². The van der Waals surface area contributed by atoms with Crippen molar-refractivity contribution >= 4 is 39.8 Å². The Kier molecular flexibility index (Phi) is 6.25. The summed E-state index contributed by atoms with van der Waals surface area (Å²) in [6, 6.07) is 8.50. The molecule has 0 unspecified atom stereocenters. The van der Waals surface area contributed by atoms with Crippen molar-refractivity contribution in [3.63, 3.8) is 0 Å². The molecule has 1 amide bonds. The number of carbonyl (C=O) groups is 1. The molecule has 0 saturated heterocycles. The molecule has 34 heavy (non-hydrogen) atoms. The van der Waals surface area contributed by atoms with Gasteiger partial charge in [0.15, 0.2) is 5.84 Å². The van der Waals surface area contributed by atoms with Gasteiger partial charge in [-0.3, -0.25) is 10.2 Å². The molecule has 2 aliphatic heterocycles. The number of halogens is 1. The van der Waals surface area contributed by atoms with Crippen LogP contribution in [0.5, 0.6) is 0 Å². The van der Waals surface area contributed by atoms with E-state index in [2.05, 4.69) is 10.1 Å². The van der Waals surface area contributed by atoms with Gasteiger partial charge in [-0.25, -0.2) is 4.39 Å². The summed E-state index contributed by atoms with van der Waals surface area (Å²) in [5.41, 5.74) is 3.03. The van der Waals surface area contributed by atoms with E-state index in [9.17, 15) is 9.18 Å². The maximum Gasteiger partial charge on any atom is 0.283 e. The van der Waals surface area contributed by atoms with Crippen LogP contribution in [0.15, 0.2) is 46.0 Å². The van der Waals surface area contributed by atoms with Crippen molar-refractivity contribution in [2.24, 2.45) is 16.0 Å². The number of carbonyl (C=O) groups excluding carboxylic acids is 1. The van der Waals surface area contributed by atoms with Gasteiger partial charge < -0.3 is 4.57 Å². The summed E-state index contributed by atoms with van der Waals surface area (Å²) in [6.45, 7) is 3.77. The normalized spacial score (nSPS) is 20.1. The summed E-state index contributed by atoms with van der Waals surface area (Å²) in [7, 11) is 0. The topological polar surface area (TPSA) is 73.8 Å². The Morgan fingerprint density at radius 2 is 1.97 bits per heavy atom. The van der Waals surface area contributed by atoms with Crippen LogP contribution in [0, 0.1) is 31.0 Å². The first kappa shape index (κ1) is 22.8. The summed E-state index contributed by atoms with van der Waals surface area (Å²) in [5, 5.41) is 16.1. The first-order valence-electron chi connectivity index (χ1n) is 11.9. The number of hydrogen-bond donors (Lipinski definition) is 1. The smallest absolute Gasteiger partial charge is 0.283 e. The van der Waals surface area contributed by atoms with Gasteiger partial charge in [-0.05, 0) is 74.2 Å². The highest BCUT2D eigenvalue weighted by atomic mass is 32.2. The molecule has 3 heterocycles. The number of para-hydroxylation sites is 1. The molecule has 0 bridgehead atoms. The summed E-state index contributed by atoms with van der Waals surface area (Å²) in [4.78, 5) is 17.1. The zero-order valence-electron chi connectivity index (χ0n) is 19.5. The maximum atomic E-state index is 14.4. The highest BCUT2D eigenvalue weighted by Gasteiger charge is 2.36. The highest BCUT2D eigenvalue weighted by molar-refractivity contribution is 8.26. The van der Waals surface area contributed by atoms with Crippen molar-refractivity contribution in [2.75, 3.05) is 0 Å². The number of amidine groups is 2. The number of hydrazone groups is 1. The number of aryl methyl sites for hydroxylation is 1. The number of rotatable bonds is 5. The second-order valence-corrected chi connectivity index (χ2v) is 10.2. The average molecular weight is 478 g/mol. The molecule has 0 spiro atoms. The van der Waals surface area contributed by atoms with Crippen LogP contribution in [0.3, 0.4) is 0 Å². The lowest BCUT2D eigenvalue weighted by Gasteiger charge is -2.20. The number of amides is 1. The van der Waals surface area contributed by atoms with Crippen molar-refractivity contribution in [3.05, 3.63) is 58.7 Å². The van der Waals surface area contributed by atoms with E-state index in [4.69, 9.17) is 5.41 Å². The molecule has 1 fully saturated rings. The van der Waals surface area contributed by atoms with Gasteiger partial charge in [0, 0.05) is 11.4 Å². The Balaban J connectivity index is 1.39. The van der Waals surface area contributed by atoms with Crippen LogP contribution in [0.4, 0.5) is 4.39 Å². The Morgan fingerprint density at radius 3 is 2.74 bits per heavy atom. The Hall–Kier alpha value is -3.00. The second kappa shape index (κ2) is 9.33. The van der Waals surface area contributed by atoms with E-state index >= 15 is 0 Å². The quantitative estimate of drug-likeness (QED) is 0.520. The van der Waals surface area contributed by atoms with Crippen molar-refractivity contribution in [1.29, 1.82) is 5.41 Å². The molecule has 0 atom stereocenters. The van der Waals surface area contributed by atoms with Gasteiger partial charge >= 0.3 is 0 Å². The molecule has 0 radical (unpaired) electrons. The van der Waals surface area contributed by atoms with Crippen LogP contribution in [0.25, 0.3) is 11.8 Å². The van der Waals surface area contributed by atoms with Gasteiger partial charge in [0.25, 0.3) is 5.91 Å². The zero-order valence-corrected chi connectivity index (χ0v) is 20.3. The molecular weight excluding hydrogens is 449 g/mol. The molecule has 6 nitrogen and oxygen atoms in total. The van der Waals surface area contributed by atoms with E-state index in [0.29, 0.717) is 10.9 Å². The monoisotopic (exact) mass is 477 g/mol. The molecule has 1 N–H and O–H groups in total. The Labute approximate surface area is 203 Å². The fourth-order valence-electron chi connectivity index (χ4n) is 5.03. The minimum Gasteiger partial charge on any atom is -0.315 e. The minimum atomic E-state index is -0.442. The lowest BCUT2D eigenvalue weighted by Crippen LogP contribution is -2.35. The molecule has 176 valence electrons. The van der Waals surface area contributed by atoms with Crippen LogP contribution in [-0.2, 0) is 4.79 Å². The van der Waals surface area contributed by atoms with Gasteiger partial charge in [0.2, 0.25) is 5.17 Å². The number of thioether (sulfide) groups is 1. The lowest BCUT2D eigenvalue weighted by molar-refractivity contribution is -0.114. The van der Waals surface area contributed by atoms with Gasteiger partial charge in [-0.2, -0.15) is 15.1 Å². The van der Waals surface area contributed by atoms with Crippen molar-refractivity contribution in [2.45, 2.75) is 58.8 Å². The van der Waals surface area contributed by atoms with E-state index in [1.54, 1.807) is 24.3 Å². The SMILES string of the molecule is Cc1cc(C=C2C(=N)N3N=C(CCC4CCCCC4)SC3=NC2=O)c(C)n1-c1ccccc1F. The summed E-state index contributed by atoms with van der Waals surface area (Å²) in [6.07, 6.45) is 10.2. The first-order valence-corrected chi connectivity index (χ1v) is 12.7. The number of aliphatic imine (C=N–C) groups is 1. The van der Waals surface area contributed by atoms with Crippen LogP contribution in [0.1, 0.15) is 61.9 Å². The highest BCUT2D eigenvalue weighted by Crippen LogP contribution is 2.33.